The highest BCUT2D eigenvalue weighted by molar-refractivity contribution is 5.85. The van der Waals surface area contributed by atoms with Crippen LogP contribution in [0.2, 0.25) is 0 Å². The molecule has 0 spiro atoms. The average molecular weight is 591 g/mol. The van der Waals surface area contributed by atoms with Crippen LogP contribution in [0.1, 0.15) is 29.8 Å². The molecule has 0 fully saturated rings. The van der Waals surface area contributed by atoms with E-state index in [0.717, 1.165) is 22.6 Å². The lowest BCUT2D eigenvalue weighted by atomic mass is 10.1. The molecule has 0 unspecified atom stereocenters. The van der Waals surface area contributed by atoms with Crippen LogP contribution in [0, 0.1) is 0 Å². The first-order valence-corrected chi connectivity index (χ1v) is 14.0. The first-order valence-electron chi connectivity index (χ1n) is 14.0. The van der Waals surface area contributed by atoms with E-state index in [1.165, 1.54) is 12.7 Å². The molecule has 5 heterocycles. The highest BCUT2D eigenvalue weighted by Gasteiger charge is 2.13. The number of aryl methyl sites for hydroxylation is 2. The van der Waals surface area contributed by atoms with Crippen LogP contribution in [0.4, 0.5) is 17.3 Å². The van der Waals surface area contributed by atoms with Gasteiger partial charge in [-0.05, 0) is 29.8 Å². The van der Waals surface area contributed by atoms with Gasteiger partial charge in [0.2, 0.25) is 0 Å². The van der Waals surface area contributed by atoms with E-state index in [0.29, 0.717) is 72.7 Å². The number of hydrogen-bond donors (Lipinski definition) is 2. The Bertz CT molecular complexity index is 2000. The van der Waals surface area contributed by atoms with Gasteiger partial charge in [-0.2, -0.15) is 0 Å². The van der Waals surface area contributed by atoms with E-state index in [1.807, 2.05) is 57.1 Å². The molecule has 6 rings (SSSR count). The molecule has 14 nitrogen and oxygen atoms in total. The molecule has 44 heavy (non-hydrogen) atoms. The van der Waals surface area contributed by atoms with Gasteiger partial charge in [0.25, 0.3) is 0 Å². The second-order valence-electron chi connectivity index (χ2n) is 10.4. The predicted octanol–water partition coefficient (Wildman–Crippen LogP) is 2.62. The molecule has 4 N–H and O–H groups in total. The van der Waals surface area contributed by atoms with E-state index in [1.54, 1.807) is 18.9 Å². The topological polar surface area (TPSA) is 191 Å². The summed E-state index contributed by atoms with van der Waals surface area (Å²) in [5.74, 6) is 0.841. The van der Waals surface area contributed by atoms with Gasteiger partial charge in [0, 0.05) is 51.5 Å². The molecular formula is C30H30N12O2. The number of carbonyl (C=O) groups excluding carboxylic acids is 2. The molecular weight excluding hydrogens is 560 g/mol. The summed E-state index contributed by atoms with van der Waals surface area (Å²) >= 11 is 0. The molecule has 0 aliphatic heterocycles. The molecule has 0 atom stereocenters. The fraction of sp³-hybridized carbons (Fsp3) is 0.233. The van der Waals surface area contributed by atoms with Gasteiger partial charge in [-0.25, -0.2) is 29.9 Å². The Labute approximate surface area is 251 Å². The van der Waals surface area contributed by atoms with E-state index in [4.69, 9.17) is 11.5 Å². The van der Waals surface area contributed by atoms with E-state index < -0.39 is 0 Å². The van der Waals surface area contributed by atoms with Gasteiger partial charge in [0.15, 0.2) is 22.9 Å². The van der Waals surface area contributed by atoms with Crippen molar-refractivity contribution >= 4 is 57.4 Å². The summed E-state index contributed by atoms with van der Waals surface area (Å²) < 4.78 is 5.58. The van der Waals surface area contributed by atoms with Crippen LogP contribution in [-0.4, -0.2) is 61.4 Å². The number of anilines is 2. The predicted molar refractivity (Wildman–Crippen MR) is 165 cm³/mol. The van der Waals surface area contributed by atoms with Gasteiger partial charge in [0.1, 0.15) is 35.3 Å². The first kappa shape index (κ1) is 28.3. The fourth-order valence-corrected chi connectivity index (χ4v) is 4.94. The normalized spacial score (nSPS) is 11.7. The standard InChI is InChI=1S/C30H30N12O2/c1-40-21(13-24(44)9-11-42-18-39-26-28(32)35-16-37-30(26)42)6-7-22(40)14-33-20-4-2-19(3-5-20)12-23(43)8-10-41-17-38-25-27(31)34-15-36-29(25)41/h2-7,14-18H,8-13H2,1H3,(H2,31,34,36)(H2,32,35,37). The molecule has 14 heteroatoms. The minimum absolute atomic E-state index is 0.0979. The molecule has 222 valence electrons. The lowest BCUT2D eigenvalue weighted by Gasteiger charge is -2.06. The van der Waals surface area contributed by atoms with Gasteiger partial charge in [-0.3, -0.25) is 14.6 Å². The van der Waals surface area contributed by atoms with E-state index in [-0.39, 0.29) is 11.6 Å². The fourth-order valence-electron chi connectivity index (χ4n) is 4.94. The lowest BCUT2D eigenvalue weighted by molar-refractivity contribution is -0.119. The van der Waals surface area contributed by atoms with Crippen LogP contribution in [0.15, 0.2) is 66.7 Å². The number of ketones is 2. The van der Waals surface area contributed by atoms with Crippen LogP contribution in [-0.2, 0) is 42.6 Å². The Hall–Kier alpha value is -5.79. The quantitative estimate of drug-likeness (QED) is 0.200. The maximum atomic E-state index is 12.7. The van der Waals surface area contributed by atoms with Gasteiger partial charge in [0.05, 0.1) is 30.3 Å². The average Bonchev–Trinajstić information content (AvgIpc) is 3.73. The third kappa shape index (κ3) is 6.04. The number of hydrogen-bond acceptors (Lipinski definition) is 11. The SMILES string of the molecule is Cn1c(C=Nc2ccc(CC(=O)CCn3cnc4c(N)ncnc43)cc2)ccc1CC(=O)CCn1cnc2c(N)ncnc21. The third-order valence-electron chi connectivity index (χ3n) is 7.45. The van der Waals surface area contributed by atoms with Gasteiger partial charge in [-0.1, -0.05) is 12.1 Å². The Morgan fingerprint density at radius 2 is 1.32 bits per heavy atom. The number of aliphatic imine (C=N–C) groups is 1. The molecule has 0 aliphatic carbocycles. The molecule has 5 aromatic heterocycles. The highest BCUT2D eigenvalue weighted by Crippen LogP contribution is 2.18. The molecule has 0 aliphatic rings. The van der Waals surface area contributed by atoms with Crippen LogP contribution in [0.5, 0.6) is 0 Å². The van der Waals surface area contributed by atoms with Crippen molar-refractivity contribution in [3.63, 3.8) is 0 Å². The second-order valence-corrected chi connectivity index (χ2v) is 10.4. The van der Waals surface area contributed by atoms with E-state index in [9.17, 15) is 9.59 Å². The molecule has 0 saturated carbocycles. The van der Waals surface area contributed by atoms with Crippen molar-refractivity contribution in [1.29, 1.82) is 0 Å². The van der Waals surface area contributed by atoms with Crippen molar-refractivity contribution in [3.8, 4) is 0 Å². The Morgan fingerprint density at radius 1 is 0.750 bits per heavy atom. The zero-order valence-electron chi connectivity index (χ0n) is 24.0. The van der Waals surface area contributed by atoms with E-state index >= 15 is 0 Å². The number of nitrogens with two attached hydrogens (primary N) is 2. The number of nitrogens with zero attached hydrogens (tertiary/aromatic N) is 10. The minimum Gasteiger partial charge on any atom is -0.382 e. The van der Waals surface area contributed by atoms with Crippen molar-refractivity contribution in [2.24, 2.45) is 12.0 Å². The largest absolute Gasteiger partial charge is 0.382 e. The summed E-state index contributed by atoms with van der Waals surface area (Å²) in [6, 6.07) is 11.4. The van der Waals surface area contributed by atoms with Crippen molar-refractivity contribution in [2.75, 3.05) is 11.5 Å². The summed E-state index contributed by atoms with van der Waals surface area (Å²) in [6.07, 6.45) is 9.10. The molecule has 0 saturated heterocycles. The number of benzene rings is 1. The number of rotatable bonds is 12. The summed E-state index contributed by atoms with van der Waals surface area (Å²) in [5.41, 5.74) is 17.4. The Kier molecular flexibility index (Phi) is 7.86. The minimum atomic E-state index is 0.0979. The van der Waals surface area contributed by atoms with Crippen molar-refractivity contribution in [2.45, 2.75) is 38.8 Å². The Morgan fingerprint density at radius 3 is 1.91 bits per heavy atom. The number of Topliss-reactive ketones (excluding diaryl/α,β-unsaturated/α-hetero) is 2. The highest BCUT2D eigenvalue weighted by atomic mass is 16.1. The summed E-state index contributed by atoms with van der Waals surface area (Å²) in [5, 5.41) is 0. The third-order valence-corrected chi connectivity index (χ3v) is 7.45. The zero-order chi connectivity index (χ0) is 30.6. The number of imidazole rings is 2. The van der Waals surface area contributed by atoms with Crippen molar-refractivity contribution in [3.05, 3.63) is 78.7 Å². The maximum absolute atomic E-state index is 12.7. The molecule has 1 aromatic carbocycles. The Balaban J connectivity index is 0.995. The van der Waals surface area contributed by atoms with Gasteiger partial charge in [-0.15, -0.1) is 0 Å². The number of nitrogen functional groups attached to an aromatic ring is 2. The number of aromatic nitrogens is 9. The molecule has 0 bridgehead atoms. The van der Waals surface area contributed by atoms with Crippen molar-refractivity contribution < 1.29 is 9.59 Å². The van der Waals surface area contributed by atoms with Crippen LogP contribution < -0.4 is 11.5 Å². The second kappa shape index (κ2) is 12.2. The number of carbonyl (C=O) groups is 2. The van der Waals surface area contributed by atoms with Gasteiger partial charge >= 0.3 is 0 Å². The van der Waals surface area contributed by atoms with Crippen LogP contribution in [0.3, 0.4) is 0 Å². The first-order chi connectivity index (χ1) is 21.4. The summed E-state index contributed by atoms with van der Waals surface area (Å²) in [6.45, 7) is 0.921. The molecule has 6 aromatic rings. The zero-order valence-corrected chi connectivity index (χ0v) is 24.0. The molecule has 0 radical (unpaired) electrons. The monoisotopic (exact) mass is 590 g/mol. The van der Waals surface area contributed by atoms with Crippen LogP contribution in [0.25, 0.3) is 22.3 Å². The van der Waals surface area contributed by atoms with E-state index in [2.05, 4.69) is 34.9 Å². The van der Waals surface area contributed by atoms with Crippen LogP contribution >= 0.6 is 0 Å². The molecule has 0 amide bonds. The lowest BCUT2D eigenvalue weighted by Crippen LogP contribution is -2.11. The van der Waals surface area contributed by atoms with Crippen molar-refractivity contribution in [1.82, 2.24) is 43.6 Å². The number of fused-ring (bicyclic) bond motifs is 2. The summed E-state index contributed by atoms with van der Waals surface area (Å²) in [4.78, 5) is 54.8. The van der Waals surface area contributed by atoms with Gasteiger partial charge < -0.3 is 25.2 Å². The smallest absolute Gasteiger partial charge is 0.165 e. The summed E-state index contributed by atoms with van der Waals surface area (Å²) in [7, 11) is 1.91. The maximum Gasteiger partial charge on any atom is 0.165 e.